The molecule has 0 bridgehead atoms. The molecule has 11 heteroatoms. The number of hydrogen-bond acceptors (Lipinski definition) is 8. The highest BCUT2D eigenvalue weighted by molar-refractivity contribution is 7.63. The van der Waals surface area contributed by atoms with Gasteiger partial charge in [0.1, 0.15) is 5.39 Å². The molecule has 1 N–H and O–H groups in total. The molecular weight excluding hydrogens is 509 g/mol. The summed E-state index contributed by atoms with van der Waals surface area (Å²) in [4.78, 5) is 34.8. The summed E-state index contributed by atoms with van der Waals surface area (Å²) in [7, 11) is 3.95. The third kappa shape index (κ3) is 4.57. The molecule has 2 aliphatic heterocycles. The molecule has 4 aromatic rings. The van der Waals surface area contributed by atoms with Crippen LogP contribution < -0.4 is 26.1 Å². The molecule has 1 saturated heterocycles. The average molecular weight is 544 g/mol. The van der Waals surface area contributed by atoms with Gasteiger partial charge >= 0.3 is 0 Å². The Balaban J connectivity index is 1.40. The normalized spacial score (nSPS) is 17.4. The molecule has 1 aromatic carbocycles. The number of rotatable bonds is 6. The van der Waals surface area contributed by atoms with Crippen molar-refractivity contribution in [1.29, 1.82) is 0 Å². The van der Waals surface area contributed by atoms with Gasteiger partial charge in [-0.15, -0.1) is 6.58 Å². The summed E-state index contributed by atoms with van der Waals surface area (Å²) in [5.41, 5.74) is 4.71. The van der Waals surface area contributed by atoms with Crippen LogP contribution in [-0.4, -0.2) is 88.9 Å². The molecule has 39 heavy (non-hydrogen) atoms. The summed E-state index contributed by atoms with van der Waals surface area (Å²) in [6.07, 6.45) is 3.30. The molecule has 1 fully saturated rings. The van der Waals surface area contributed by atoms with Gasteiger partial charge in [0.2, 0.25) is 5.95 Å². The number of piperazine rings is 1. The number of likely N-dealkylation sites (N-methyl/N-ethyl adjacent to an activating group) is 2. The summed E-state index contributed by atoms with van der Waals surface area (Å²) in [6, 6.07) is 12.8. The molecule has 5 heterocycles. The van der Waals surface area contributed by atoms with E-state index in [1.165, 1.54) is 11.4 Å². The van der Waals surface area contributed by atoms with Crippen LogP contribution in [0.2, 0.25) is 0 Å². The van der Waals surface area contributed by atoms with Crippen molar-refractivity contribution in [3.05, 3.63) is 65.6 Å². The van der Waals surface area contributed by atoms with Crippen LogP contribution in [-0.2, 0) is 6.54 Å². The van der Waals surface area contributed by atoms with Crippen LogP contribution in [0.15, 0.2) is 60.0 Å². The van der Waals surface area contributed by atoms with Crippen LogP contribution in [0.25, 0.3) is 16.9 Å². The third-order valence-electron chi connectivity index (χ3n) is 7.50. The Morgan fingerprint density at radius 2 is 1.95 bits per heavy atom. The van der Waals surface area contributed by atoms with Crippen molar-refractivity contribution in [2.24, 2.45) is 0 Å². The number of fused-ring (bicyclic) bond motifs is 4. The van der Waals surface area contributed by atoms with E-state index in [0.717, 1.165) is 37.3 Å². The van der Waals surface area contributed by atoms with Crippen molar-refractivity contribution in [2.75, 3.05) is 68.7 Å². The van der Waals surface area contributed by atoms with Gasteiger partial charge in [-0.25, -0.2) is 19.3 Å². The molecule has 10 nitrogen and oxygen atoms in total. The quantitative estimate of drug-likeness (QED) is 0.294. The number of benzene rings is 1. The number of allylic oxidation sites excluding steroid dienone is 1. The van der Waals surface area contributed by atoms with Gasteiger partial charge in [-0.1, -0.05) is 20.1 Å². The second-order valence-electron chi connectivity index (χ2n) is 10.5. The molecule has 1 atom stereocenters. The maximum absolute atomic E-state index is 13.3. The number of hydrogen-bond donors (Lipinski definition) is 1. The maximum Gasteiger partial charge on any atom is 0.278 e. The smallest absolute Gasteiger partial charge is 0.278 e. The molecule has 6 rings (SSSR count). The summed E-state index contributed by atoms with van der Waals surface area (Å²) < 4.78 is 3.39. The molecule has 0 saturated carbocycles. The maximum atomic E-state index is 13.3. The Morgan fingerprint density at radius 3 is 2.74 bits per heavy atom. The lowest BCUT2D eigenvalue weighted by molar-refractivity contribution is 0.265. The number of nitrogens with zero attached hydrogens (tertiary/aromatic N) is 8. The van der Waals surface area contributed by atoms with E-state index in [-0.39, 0.29) is 5.56 Å². The van der Waals surface area contributed by atoms with E-state index in [1.54, 1.807) is 21.6 Å². The van der Waals surface area contributed by atoms with Gasteiger partial charge in [0.15, 0.2) is 11.5 Å². The standard InChI is InChI=1S/C28H34N9OP/c1-6-12-36-27(38)21-16-29-28(32-26(21)37(36)24-8-7-9-25(31-24)39(4)5)30-19-10-11-22-23(15-19)35-14-13-33(2)17-20(35)18-34(22)3/h6-11,15-16,20H,1,12-14,17-18H2,2-5H3,(H,29,30,32). The second kappa shape index (κ2) is 10.1. The van der Waals surface area contributed by atoms with E-state index in [9.17, 15) is 4.79 Å². The van der Waals surface area contributed by atoms with Crippen molar-refractivity contribution < 1.29 is 0 Å². The topological polar surface area (TPSA) is 87.4 Å². The Hall–Kier alpha value is -3.75. The fraction of sp³-hybridized carbons (Fsp3) is 0.357. The van der Waals surface area contributed by atoms with Crippen LogP contribution in [0.3, 0.4) is 0 Å². The van der Waals surface area contributed by atoms with Gasteiger partial charge < -0.3 is 20.0 Å². The molecule has 0 aliphatic carbocycles. The number of aromatic nitrogens is 5. The SMILES string of the molecule is C=CCn1c(=O)c2cnc(Nc3ccc4c(c3)N3CCN(C)CC3CN4C)nc2n1-c1cccc(P(C)C)n1. The highest BCUT2D eigenvalue weighted by atomic mass is 31.1. The largest absolute Gasteiger partial charge is 0.371 e. The second-order valence-corrected chi connectivity index (χ2v) is 12.7. The number of anilines is 4. The highest BCUT2D eigenvalue weighted by Crippen LogP contribution is 2.38. The molecule has 0 radical (unpaired) electrons. The van der Waals surface area contributed by atoms with Crippen LogP contribution in [0.1, 0.15) is 0 Å². The van der Waals surface area contributed by atoms with Gasteiger partial charge in [0.05, 0.1) is 29.4 Å². The Bertz CT molecular complexity index is 1610. The number of nitrogens with one attached hydrogen (secondary N) is 1. The summed E-state index contributed by atoms with van der Waals surface area (Å²) >= 11 is 0. The van der Waals surface area contributed by atoms with Crippen molar-refractivity contribution in [2.45, 2.75) is 12.6 Å². The minimum Gasteiger partial charge on any atom is -0.371 e. The van der Waals surface area contributed by atoms with Crippen LogP contribution >= 0.6 is 7.92 Å². The first kappa shape index (κ1) is 25.5. The molecular formula is C28H34N9OP. The minimum absolute atomic E-state index is 0.170. The summed E-state index contributed by atoms with van der Waals surface area (Å²) in [5.74, 6) is 1.08. The minimum atomic E-state index is -0.399. The van der Waals surface area contributed by atoms with Gasteiger partial charge in [-0.2, -0.15) is 4.98 Å². The monoisotopic (exact) mass is 543 g/mol. The molecule has 202 valence electrons. The fourth-order valence-corrected chi connectivity index (χ4v) is 6.26. The summed E-state index contributed by atoms with van der Waals surface area (Å²) in [6.45, 7) is 12.6. The fourth-order valence-electron chi connectivity index (χ4n) is 5.57. The highest BCUT2D eigenvalue weighted by Gasteiger charge is 2.33. The zero-order chi connectivity index (χ0) is 27.3. The Morgan fingerprint density at radius 1 is 1.10 bits per heavy atom. The van der Waals surface area contributed by atoms with Gasteiger partial charge in [-0.05, 0) is 50.7 Å². The van der Waals surface area contributed by atoms with E-state index < -0.39 is 7.92 Å². The lowest BCUT2D eigenvalue weighted by Gasteiger charge is -2.48. The van der Waals surface area contributed by atoms with E-state index in [4.69, 9.17) is 9.97 Å². The molecule has 0 amide bonds. The van der Waals surface area contributed by atoms with Crippen molar-refractivity contribution in [3.63, 3.8) is 0 Å². The Kier molecular flexibility index (Phi) is 6.61. The predicted octanol–water partition coefficient (Wildman–Crippen LogP) is 2.84. The molecule has 0 spiro atoms. The predicted molar refractivity (Wildman–Crippen MR) is 161 cm³/mol. The molecule has 3 aromatic heterocycles. The first-order chi connectivity index (χ1) is 18.8. The van der Waals surface area contributed by atoms with E-state index >= 15 is 0 Å². The van der Waals surface area contributed by atoms with Crippen LogP contribution in [0.4, 0.5) is 23.0 Å². The average Bonchev–Trinajstić information content (AvgIpc) is 3.19. The van der Waals surface area contributed by atoms with Crippen molar-refractivity contribution in [1.82, 2.24) is 29.2 Å². The van der Waals surface area contributed by atoms with Gasteiger partial charge in [0, 0.05) is 45.1 Å². The first-order valence-electron chi connectivity index (χ1n) is 13.2. The zero-order valence-electron chi connectivity index (χ0n) is 22.9. The van der Waals surface area contributed by atoms with Crippen molar-refractivity contribution in [3.8, 4) is 5.82 Å². The lowest BCUT2D eigenvalue weighted by atomic mass is 10.0. The summed E-state index contributed by atoms with van der Waals surface area (Å²) in [5, 5.41) is 3.84. The molecule has 2 aliphatic rings. The van der Waals surface area contributed by atoms with Crippen molar-refractivity contribution >= 4 is 47.4 Å². The third-order valence-corrected chi connectivity index (χ3v) is 8.66. The Labute approximate surface area is 229 Å². The van der Waals surface area contributed by atoms with Crippen LogP contribution in [0.5, 0.6) is 0 Å². The zero-order valence-corrected chi connectivity index (χ0v) is 23.8. The van der Waals surface area contributed by atoms with E-state index in [0.29, 0.717) is 35.4 Å². The van der Waals surface area contributed by atoms with E-state index in [1.807, 2.05) is 18.2 Å². The van der Waals surface area contributed by atoms with Gasteiger partial charge in [-0.3, -0.25) is 4.79 Å². The van der Waals surface area contributed by atoms with E-state index in [2.05, 4.69) is 77.2 Å². The van der Waals surface area contributed by atoms with Gasteiger partial charge in [0.25, 0.3) is 5.56 Å². The van der Waals surface area contributed by atoms with Crippen LogP contribution in [0, 0.1) is 0 Å². The molecule has 1 unspecified atom stereocenters. The lowest BCUT2D eigenvalue weighted by Crippen LogP contribution is -2.58. The number of pyridine rings is 1. The first-order valence-corrected chi connectivity index (χ1v) is 15.4.